The molecule has 5 heteroatoms. The van der Waals surface area contributed by atoms with E-state index in [1.54, 1.807) is 12.1 Å². The van der Waals surface area contributed by atoms with Crippen molar-refractivity contribution in [3.05, 3.63) is 65.6 Å². The molecule has 0 atom stereocenters. The average Bonchev–Trinajstić information content (AvgIpc) is 3.36. The van der Waals surface area contributed by atoms with Crippen molar-refractivity contribution in [3.8, 4) is 0 Å². The Morgan fingerprint density at radius 2 is 1.93 bits per heavy atom. The van der Waals surface area contributed by atoms with Gasteiger partial charge >= 0.3 is 0 Å². The standard InChI is InChI=1S/C23H22FN3O/c1-14-7-10-18(17(24)11-14)25-23(28)21-12-20-22(26(21)2)16-5-3-4-6-19(16)27(20)13-15-8-9-15/h3-7,10-12,15H,8-9,13H2,1-2H3,(H,25,28). The lowest BCUT2D eigenvalue weighted by Crippen LogP contribution is -2.16. The van der Waals surface area contributed by atoms with Crippen LogP contribution in [0.5, 0.6) is 0 Å². The highest BCUT2D eigenvalue weighted by atomic mass is 19.1. The number of para-hydroxylation sites is 1. The molecule has 1 aliphatic carbocycles. The molecule has 4 nitrogen and oxygen atoms in total. The Morgan fingerprint density at radius 1 is 1.14 bits per heavy atom. The van der Waals surface area contributed by atoms with Crippen molar-refractivity contribution in [1.29, 1.82) is 0 Å². The van der Waals surface area contributed by atoms with Crippen LogP contribution in [0.1, 0.15) is 28.9 Å². The summed E-state index contributed by atoms with van der Waals surface area (Å²) in [6.45, 7) is 2.80. The second-order valence-electron chi connectivity index (χ2n) is 7.83. The molecular formula is C23H22FN3O. The quantitative estimate of drug-likeness (QED) is 0.520. The lowest BCUT2D eigenvalue weighted by Gasteiger charge is -2.09. The molecule has 0 aliphatic heterocycles. The molecule has 0 radical (unpaired) electrons. The SMILES string of the molecule is Cc1ccc(NC(=O)c2cc3c(c4ccccc4n3CC3CC3)n2C)c(F)c1. The van der Waals surface area contributed by atoms with Gasteiger partial charge in [0, 0.05) is 19.0 Å². The summed E-state index contributed by atoms with van der Waals surface area (Å²) in [5, 5.41) is 3.86. The Balaban J connectivity index is 1.60. The van der Waals surface area contributed by atoms with Crippen LogP contribution >= 0.6 is 0 Å². The van der Waals surface area contributed by atoms with Crippen molar-refractivity contribution in [2.75, 3.05) is 5.32 Å². The summed E-state index contributed by atoms with van der Waals surface area (Å²) in [4.78, 5) is 12.9. The lowest BCUT2D eigenvalue weighted by molar-refractivity contribution is 0.101. The third-order valence-electron chi connectivity index (χ3n) is 5.70. The first-order valence-electron chi connectivity index (χ1n) is 9.67. The van der Waals surface area contributed by atoms with E-state index in [-0.39, 0.29) is 11.6 Å². The molecule has 1 aliphatic rings. The molecular weight excluding hydrogens is 353 g/mol. The van der Waals surface area contributed by atoms with Crippen molar-refractivity contribution < 1.29 is 9.18 Å². The van der Waals surface area contributed by atoms with Gasteiger partial charge < -0.3 is 14.5 Å². The first kappa shape index (κ1) is 17.0. The maximum atomic E-state index is 14.2. The molecule has 28 heavy (non-hydrogen) atoms. The molecule has 2 aromatic carbocycles. The summed E-state index contributed by atoms with van der Waals surface area (Å²) >= 11 is 0. The van der Waals surface area contributed by atoms with Gasteiger partial charge in [-0.3, -0.25) is 4.79 Å². The smallest absolute Gasteiger partial charge is 0.272 e. The minimum absolute atomic E-state index is 0.201. The second kappa shape index (κ2) is 6.23. The van der Waals surface area contributed by atoms with E-state index in [1.165, 1.54) is 24.4 Å². The first-order valence-corrected chi connectivity index (χ1v) is 9.67. The molecule has 1 fully saturated rings. The zero-order valence-corrected chi connectivity index (χ0v) is 16.0. The molecule has 0 unspecified atom stereocenters. The largest absolute Gasteiger partial charge is 0.339 e. The van der Waals surface area contributed by atoms with Crippen LogP contribution in [0.2, 0.25) is 0 Å². The van der Waals surface area contributed by atoms with Gasteiger partial charge in [-0.1, -0.05) is 24.3 Å². The van der Waals surface area contributed by atoms with Gasteiger partial charge in [0.05, 0.1) is 22.2 Å². The van der Waals surface area contributed by atoms with Gasteiger partial charge in [0.2, 0.25) is 0 Å². The van der Waals surface area contributed by atoms with E-state index in [4.69, 9.17) is 0 Å². The fourth-order valence-electron chi connectivity index (χ4n) is 4.03. The number of hydrogen-bond donors (Lipinski definition) is 1. The molecule has 1 amide bonds. The number of benzene rings is 2. The van der Waals surface area contributed by atoms with E-state index in [1.807, 2.05) is 30.7 Å². The van der Waals surface area contributed by atoms with Crippen LogP contribution in [0.15, 0.2) is 48.5 Å². The highest BCUT2D eigenvalue weighted by Crippen LogP contribution is 2.37. The van der Waals surface area contributed by atoms with Crippen LogP contribution in [0.4, 0.5) is 10.1 Å². The van der Waals surface area contributed by atoms with Gasteiger partial charge in [-0.25, -0.2) is 4.39 Å². The summed E-state index contributed by atoms with van der Waals surface area (Å²) in [6.07, 6.45) is 2.53. The molecule has 0 spiro atoms. The topological polar surface area (TPSA) is 39.0 Å². The number of carbonyl (C=O) groups is 1. The summed E-state index contributed by atoms with van der Waals surface area (Å²) in [6, 6.07) is 15.1. The van der Waals surface area contributed by atoms with E-state index >= 15 is 0 Å². The molecule has 5 rings (SSSR count). The number of amides is 1. The monoisotopic (exact) mass is 375 g/mol. The maximum absolute atomic E-state index is 14.2. The van der Waals surface area contributed by atoms with Gasteiger partial charge in [-0.05, 0) is 55.5 Å². The van der Waals surface area contributed by atoms with Crippen LogP contribution in [-0.2, 0) is 13.6 Å². The molecule has 1 N–H and O–H groups in total. The first-order chi connectivity index (χ1) is 13.5. The van der Waals surface area contributed by atoms with Gasteiger partial charge in [0.25, 0.3) is 5.91 Å². The van der Waals surface area contributed by atoms with E-state index in [0.717, 1.165) is 34.4 Å². The van der Waals surface area contributed by atoms with Crippen LogP contribution in [-0.4, -0.2) is 15.0 Å². The molecule has 2 aromatic heterocycles. The number of anilines is 1. The van der Waals surface area contributed by atoms with Crippen LogP contribution < -0.4 is 5.32 Å². The van der Waals surface area contributed by atoms with Crippen molar-refractivity contribution >= 4 is 33.5 Å². The van der Waals surface area contributed by atoms with E-state index in [2.05, 4.69) is 28.1 Å². The van der Waals surface area contributed by atoms with E-state index in [9.17, 15) is 9.18 Å². The molecule has 0 saturated heterocycles. The van der Waals surface area contributed by atoms with Crippen molar-refractivity contribution in [1.82, 2.24) is 9.13 Å². The van der Waals surface area contributed by atoms with Crippen molar-refractivity contribution in [2.45, 2.75) is 26.3 Å². The van der Waals surface area contributed by atoms with Gasteiger partial charge in [-0.2, -0.15) is 0 Å². The normalized spacial score (nSPS) is 14.1. The fourth-order valence-corrected chi connectivity index (χ4v) is 4.03. The zero-order chi connectivity index (χ0) is 19.4. The Labute approximate surface area is 162 Å². The highest BCUT2D eigenvalue weighted by molar-refractivity contribution is 6.12. The Kier molecular flexibility index (Phi) is 3.79. The Morgan fingerprint density at radius 3 is 2.68 bits per heavy atom. The third-order valence-corrected chi connectivity index (χ3v) is 5.70. The molecule has 142 valence electrons. The zero-order valence-electron chi connectivity index (χ0n) is 16.0. The Bertz CT molecular complexity index is 1230. The second-order valence-corrected chi connectivity index (χ2v) is 7.83. The third kappa shape index (κ3) is 2.70. The van der Waals surface area contributed by atoms with Gasteiger partial charge in [0.1, 0.15) is 11.5 Å². The van der Waals surface area contributed by atoms with Crippen LogP contribution in [0.3, 0.4) is 0 Å². The Hall–Kier alpha value is -3.08. The van der Waals surface area contributed by atoms with Crippen LogP contribution in [0, 0.1) is 18.7 Å². The van der Waals surface area contributed by atoms with E-state index in [0.29, 0.717) is 5.69 Å². The van der Waals surface area contributed by atoms with Crippen molar-refractivity contribution in [3.63, 3.8) is 0 Å². The number of aryl methyl sites for hydroxylation is 2. The summed E-state index contributed by atoms with van der Waals surface area (Å²) in [5.41, 5.74) is 4.86. The predicted molar refractivity (Wildman–Crippen MR) is 110 cm³/mol. The molecule has 1 saturated carbocycles. The van der Waals surface area contributed by atoms with Crippen molar-refractivity contribution in [2.24, 2.45) is 13.0 Å². The molecule has 4 aromatic rings. The average molecular weight is 375 g/mol. The van der Waals surface area contributed by atoms with Gasteiger partial charge in [0.15, 0.2) is 0 Å². The minimum Gasteiger partial charge on any atom is -0.339 e. The number of aromatic nitrogens is 2. The minimum atomic E-state index is -0.421. The summed E-state index contributed by atoms with van der Waals surface area (Å²) in [5.74, 6) is -0.00236. The number of halogens is 1. The maximum Gasteiger partial charge on any atom is 0.272 e. The summed E-state index contributed by atoms with van der Waals surface area (Å²) in [7, 11) is 1.90. The fraction of sp³-hybridized carbons (Fsp3) is 0.261. The lowest BCUT2D eigenvalue weighted by atomic mass is 10.2. The summed E-state index contributed by atoms with van der Waals surface area (Å²) < 4.78 is 18.4. The number of hydrogen-bond acceptors (Lipinski definition) is 1. The van der Waals surface area contributed by atoms with E-state index < -0.39 is 5.82 Å². The molecule has 2 heterocycles. The number of nitrogens with one attached hydrogen (secondary N) is 1. The number of fused-ring (bicyclic) bond motifs is 3. The van der Waals surface area contributed by atoms with Crippen LogP contribution in [0.25, 0.3) is 21.9 Å². The van der Waals surface area contributed by atoms with Gasteiger partial charge in [-0.15, -0.1) is 0 Å². The molecule has 0 bridgehead atoms. The number of rotatable bonds is 4. The highest BCUT2D eigenvalue weighted by Gasteiger charge is 2.26. The number of carbonyl (C=O) groups excluding carboxylic acids is 1. The predicted octanol–water partition coefficient (Wildman–Crippen LogP) is 5.24. The number of nitrogens with zero attached hydrogens (tertiary/aromatic N) is 2.